The van der Waals surface area contributed by atoms with Gasteiger partial charge in [0, 0.05) is 17.8 Å². The number of pyridine rings is 1. The molecule has 0 aliphatic rings. The van der Waals surface area contributed by atoms with Crippen LogP contribution in [0.4, 0.5) is 0 Å². The Morgan fingerprint density at radius 2 is 1.86 bits per heavy atom. The Kier molecular flexibility index (Phi) is 5.78. The molecule has 2 aromatic rings. The molecule has 0 aliphatic heterocycles. The van der Waals surface area contributed by atoms with Crippen LogP contribution in [0.3, 0.4) is 0 Å². The Balaban J connectivity index is 2.11. The van der Waals surface area contributed by atoms with Crippen molar-refractivity contribution in [3.05, 3.63) is 52.3 Å². The third-order valence-corrected chi connectivity index (χ3v) is 3.31. The number of aromatic amines is 1. The van der Waals surface area contributed by atoms with E-state index in [1.165, 1.54) is 0 Å². The number of aromatic nitrogens is 1. The molecule has 0 radical (unpaired) electrons. The Bertz CT molecular complexity index is 645. The van der Waals surface area contributed by atoms with Gasteiger partial charge in [0.05, 0.1) is 6.61 Å². The smallest absolute Gasteiger partial charge is 0.252 e. The van der Waals surface area contributed by atoms with Gasteiger partial charge in [-0.05, 0) is 48.4 Å². The topological polar surface area (TPSA) is 54.1 Å². The van der Waals surface area contributed by atoms with Gasteiger partial charge in [0.1, 0.15) is 5.75 Å². The van der Waals surface area contributed by atoms with Crippen LogP contribution in [0.2, 0.25) is 0 Å². The van der Waals surface area contributed by atoms with E-state index in [9.17, 15) is 4.79 Å². The molecule has 1 heterocycles. The van der Waals surface area contributed by atoms with Crippen molar-refractivity contribution in [1.29, 1.82) is 0 Å². The molecular formula is C18H24N2O2. The zero-order valence-electron chi connectivity index (χ0n) is 13.5. The standard InChI is InChI=1S/C18H24N2O2/c1-4-19-11-15-7-10-17(20-18(15)21)14-5-8-16(9-6-14)22-12-13(2)3/h5-10,13,19H,4,11-12H2,1-3H3,(H,20,21). The fourth-order valence-corrected chi connectivity index (χ4v) is 2.06. The number of H-pyrrole nitrogens is 1. The number of ether oxygens (including phenoxy) is 1. The number of hydrogen-bond donors (Lipinski definition) is 2. The second-order valence-electron chi connectivity index (χ2n) is 5.74. The highest BCUT2D eigenvalue weighted by Crippen LogP contribution is 2.20. The van der Waals surface area contributed by atoms with Crippen molar-refractivity contribution in [2.75, 3.05) is 13.2 Å². The summed E-state index contributed by atoms with van der Waals surface area (Å²) in [6.07, 6.45) is 0. The second kappa shape index (κ2) is 7.80. The largest absolute Gasteiger partial charge is 0.493 e. The van der Waals surface area contributed by atoms with Crippen molar-refractivity contribution < 1.29 is 4.74 Å². The highest BCUT2D eigenvalue weighted by Gasteiger charge is 2.04. The van der Waals surface area contributed by atoms with Crippen LogP contribution in [0.25, 0.3) is 11.3 Å². The van der Waals surface area contributed by atoms with Crippen molar-refractivity contribution in [3.8, 4) is 17.0 Å². The maximum atomic E-state index is 12.0. The molecular weight excluding hydrogens is 276 g/mol. The molecule has 0 aliphatic carbocycles. The summed E-state index contributed by atoms with van der Waals surface area (Å²) in [5, 5.41) is 3.16. The van der Waals surface area contributed by atoms with Crippen molar-refractivity contribution in [1.82, 2.24) is 10.3 Å². The minimum atomic E-state index is -0.0430. The van der Waals surface area contributed by atoms with E-state index in [2.05, 4.69) is 24.1 Å². The predicted octanol–water partition coefficient (Wildman–Crippen LogP) is 3.19. The third-order valence-electron chi connectivity index (χ3n) is 3.31. The van der Waals surface area contributed by atoms with Crippen LogP contribution >= 0.6 is 0 Å². The molecule has 22 heavy (non-hydrogen) atoms. The molecule has 0 spiro atoms. The first kappa shape index (κ1) is 16.3. The molecule has 0 fully saturated rings. The van der Waals surface area contributed by atoms with E-state index in [-0.39, 0.29) is 5.56 Å². The van der Waals surface area contributed by atoms with Crippen molar-refractivity contribution in [2.45, 2.75) is 27.3 Å². The van der Waals surface area contributed by atoms with Crippen LogP contribution in [0, 0.1) is 5.92 Å². The van der Waals surface area contributed by atoms with E-state index in [4.69, 9.17) is 4.74 Å². The van der Waals surface area contributed by atoms with Gasteiger partial charge in [0.25, 0.3) is 5.56 Å². The van der Waals surface area contributed by atoms with Gasteiger partial charge in [-0.25, -0.2) is 0 Å². The minimum Gasteiger partial charge on any atom is -0.493 e. The highest BCUT2D eigenvalue weighted by molar-refractivity contribution is 5.60. The van der Waals surface area contributed by atoms with Crippen molar-refractivity contribution >= 4 is 0 Å². The molecule has 1 aromatic heterocycles. The minimum absolute atomic E-state index is 0.0430. The van der Waals surface area contributed by atoms with Gasteiger partial charge >= 0.3 is 0 Å². The van der Waals surface area contributed by atoms with E-state index in [0.29, 0.717) is 19.1 Å². The van der Waals surface area contributed by atoms with Crippen molar-refractivity contribution in [3.63, 3.8) is 0 Å². The summed E-state index contributed by atoms with van der Waals surface area (Å²) in [6.45, 7) is 8.40. The molecule has 2 rings (SSSR count). The first-order valence-corrected chi connectivity index (χ1v) is 7.76. The molecule has 0 unspecified atom stereocenters. The molecule has 4 heteroatoms. The van der Waals surface area contributed by atoms with Crippen molar-refractivity contribution in [2.24, 2.45) is 5.92 Å². The van der Waals surface area contributed by atoms with Crippen LogP contribution in [0.15, 0.2) is 41.2 Å². The molecule has 0 saturated heterocycles. The SMILES string of the molecule is CCNCc1ccc(-c2ccc(OCC(C)C)cc2)[nH]c1=O. The Hall–Kier alpha value is -2.07. The highest BCUT2D eigenvalue weighted by atomic mass is 16.5. The fourth-order valence-electron chi connectivity index (χ4n) is 2.06. The van der Waals surface area contributed by atoms with E-state index in [0.717, 1.165) is 29.1 Å². The Morgan fingerprint density at radius 3 is 2.45 bits per heavy atom. The fraction of sp³-hybridized carbons (Fsp3) is 0.389. The van der Waals surface area contributed by atoms with Crippen LogP contribution in [0.5, 0.6) is 5.75 Å². The van der Waals surface area contributed by atoms with E-state index in [1.54, 1.807) is 0 Å². The first-order valence-electron chi connectivity index (χ1n) is 7.76. The normalized spacial score (nSPS) is 10.9. The summed E-state index contributed by atoms with van der Waals surface area (Å²) in [6, 6.07) is 11.6. The summed E-state index contributed by atoms with van der Waals surface area (Å²) >= 11 is 0. The summed E-state index contributed by atoms with van der Waals surface area (Å²) in [5.74, 6) is 1.35. The lowest BCUT2D eigenvalue weighted by Crippen LogP contribution is -2.20. The van der Waals surface area contributed by atoms with Gasteiger partial charge in [-0.3, -0.25) is 4.79 Å². The monoisotopic (exact) mass is 300 g/mol. The first-order chi connectivity index (χ1) is 10.6. The number of rotatable bonds is 7. The molecule has 0 bridgehead atoms. The zero-order valence-corrected chi connectivity index (χ0v) is 13.5. The molecule has 4 nitrogen and oxygen atoms in total. The van der Waals surface area contributed by atoms with Gasteiger partial charge in [-0.2, -0.15) is 0 Å². The summed E-state index contributed by atoms with van der Waals surface area (Å²) < 4.78 is 5.67. The van der Waals surface area contributed by atoms with Gasteiger partial charge in [-0.15, -0.1) is 0 Å². The average Bonchev–Trinajstić information content (AvgIpc) is 2.52. The van der Waals surface area contributed by atoms with Crippen LogP contribution in [0.1, 0.15) is 26.3 Å². The maximum absolute atomic E-state index is 12.0. The Labute approximate surface area is 131 Å². The lowest BCUT2D eigenvalue weighted by atomic mass is 10.1. The molecule has 2 N–H and O–H groups in total. The number of hydrogen-bond acceptors (Lipinski definition) is 3. The number of nitrogens with one attached hydrogen (secondary N) is 2. The predicted molar refractivity (Wildman–Crippen MR) is 90.2 cm³/mol. The molecule has 0 saturated carbocycles. The van der Waals surface area contributed by atoms with Gasteiger partial charge < -0.3 is 15.0 Å². The van der Waals surface area contributed by atoms with E-state index >= 15 is 0 Å². The van der Waals surface area contributed by atoms with E-state index in [1.807, 2.05) is 43.3 Å². The molecule has 0 atom stereocenters. The number of benzene rings is 1. The summed E-state index contributed by atoms with van der Waals surface area (Å²) in [4.78, 5) is 15.0. The summed E-state index contributed by atoms with van der Waals surface area (Å²) in [7, 11) is 0. The van der Waals surface area contributed by atoms with E-state index < -0.39 is 0 Å². The Morgan fingerprint density at radius 1 is 1.14 bits per heavy atom. The van der Waals surface area contributed by atoms with Crippen LogP contribution in [-0.4, -0.2) is 18.1 Å². The third kappa shape index (κ3) is 4.46. The van der Waals surface area contributed by atoms with Crippen LogP contribution < -0.4 is 15.6 Å². The molecule has 118 valence electrons. The summed E-state index contributed by atoms with van der Waals surface area (Å²) in [5.41, 5.74) is 2.51. The quantitative estimate of drug-likeness (QED) is 0.825. The van der Waals surface area contributed by atoms with Gasteiger partial charge in [0.2, 0.25) is 0 Å². The molecule has 0 amide bonds. The average molecular weight is 300 g/mol. The lowest BCUT2D eigenvalue weighted by Gasteiger charge is -2.09. The van der Waals surface area contributed by atoms with Gasteiger partial charge in [-0.1, -0.05) is 26.8 Å². The maximum Gasteiger partial charge on any atom is 0.252 e. The van der Waals surface area contributed by atoms with Gasteiger partial charge in [0.15, 0.2) is 0 Å². The lowest BCUT2D eigenvalue weighted by molar-refractivity contribution is 0.271. The zero-order chi connectivity index (χ0) is 15.9. The second-order valence-corrected chi connectivity index (χ2v) is 5.74. The van der Waals surface area contributed by atoms with Crippen LogP contribution in [-0.2, 0) is 6.54 Å². The molecule has 1 aromatic carbocycles.